The Kier molecular flexibility index (Phi) is 5.74. The molecule has 0 aliphatic heterocycles. The Balaban J connectivity index is 1.93. The fourth-order valence-electron chi connectivity index (χ4n) is 4.57. The molecule has 11 heteroatoms. The van der Waals surface area contributed by atoms with Gasteiger partial charge in [0, 0.05) is 10.3 Å². The Hall–Kier alpha value is -3.60. The van der Waals surface area contributed by atoms with Crippen LogP contribution in [0.4, 0.5) is 26.3 Å². The average molecular weight is 533 g/mol. The number of aromatic nitrogens is 4. The number of rotatable bonds is 2. The Bertz CT molecular complexity index is 1680. The lowest BCUT2D eigenvalue weighted by atomic mass is 9.95. The number of hydrogen-bond acceptors (Lipinski definition) is 5. The first-order chi connectivity index (χ1) is 17.3. The van der Waals surface area contributed by atoms with E-state index in [-0.39, 0.29) is 11.4 Å². The first-order valence-corrected chi connectivity index (χ1v) is 11.9. The lowest BCUT2D eigenvalue weighted by Crippen LogP contribution is -2.21. The van der Waals surface area contributed by atoms with E-state index in [1.807, 2.05) is 64.1 Å². The largest absolute Gasteiger partial charge is 0.435 e. The molecule has 0 spiro atoms. The average Bonchev–Trinajstić information content (AvgIpc) is 3.12. The van der Waals surface area contributed by atoms with Crippen LogP contribution in [0.2, 0.25) is 0 Å². The third-order valence-corrected chi connectivity index (χ3v) is 7.31. The number of benzene rings is 2. The van der Waals surface area contributed by atoms with E-state index < -0.39 is 35.0 Å². The molecule has 0 aliphatic carbocycles. The summed E-state index contributed by atoms with van der Waals surface area (Å²) >= 11 is 1.37. The van der Waals surface area contributed by atoms with Crippen LogP contribution < -0.4 is 0 Å². The molecule has 0 unspecified atom stereocenters. The highest BCUT2D eigenvalue weighted by molar-refractivity contribution is 7.22. The van der Waals surface area contributed by atoms with E-state index in [9.17, 15) is 26.3 Å². The van der Waals surface area contributed by atoms with Crippen molar-refractivity contribution in [3.8, 4) is 21.8 Å². The standard InChI is InChI=1S/C26H18F6N4S/c1-11-9-12(2)17(13(3)10-11)18-19(20-14(4)15-7-5-6-8-16(15)37-20)34-24-23(33-18)35-21(25(27,28)29)22(36-24)26(30,31)32/h5-10H,1-4H3. The summed E-state index contributed by atoms with van der Waals surface area (Å²) in [4.78, 5) is 16.0. The summed E-state index contributed by atoms with van der Waals surface area (Å²) in [7, 11) is 0. The normalized spacial score (nSPS) is 12.6. The number of nitrogens with zero attached hydrogens (tertiary/aromatic N) is 4. The molecule has 0 saturated heterocycles. The maximum Gasteiger partial charge on any atom is 0.435 e. The van der Waals surface area contributed by atoms with Crippen LogP contribution in [0.5, 0.6) is 0 Å². The van der Waals surface area contributed by atoms with E-state index in [1.165, 1.54) is 11.3 Å². The van der Waals surface area contributed by atoms with E-state index in [1.54, 1.807) is 0 Å². The van der Waals surface area contributed by atoms with Gasteiger partial charge in [0.05, 0.1) is 4.88 Å². The van der Waals surface area contributed by atoms with Crippen LogP contribution in [0.3, 0.4) is 0 Å². The molecular formula is C26H18F6N4S. The highest BCUT2D eigenvalue weighted by Gasteiger charge is 2.47. The zero-order chi connectivity index (χ0) is 26.9. The smallest absolute Gasteiger partial charge is 0.223 e. The highest BCUT2D eigenvalue weighted by atomic mass is 32.1. The fourth-order valence-corrected chi connectivity index (χ4v) is 5.77. The molecule has 190 valence electrons. The number of fused-ring (bicyclic) bond motifs is 2. The van der Waals surface area contributed by atoms with Gasteiger partial charge < -0.3 is 0 Å². The van der Waals surface area contributed by atoms with Gasteiger partial charge in [0.2, 0.25) is 0 Å². The van der Waals surface area contributed by atoms with Gasteiger partial charge in [0.1, 0.15) is 11.4 Å². The SMILES string of the molecule is Cc1cc(C)c(-c2nc3nc(C(F)(F)F)c(C(F)(F)F)nc3nc2-c2sc3ccccc3c2C)c(C)c1. The van der Waals surface area contributed by atoms with Crippen molar-refractivity contribution in [3.05, 3.63) is 70.0 Å². The van der Waals surface area contributed by atoms with E-state index in [0.29, 0.717) is 10.4 Å². The van der Waals surface area contributed by atoms with Crippen LogP contribution >= 0.6 is 11.3 Å². The van der Waals surface area contributed by atoms with Crippen molar-refractivity contribution in [2.75, 3.05) is 0 Å². The Morgan fingerprint density at radius 2 is 1.19 bits per heavy atom. The number of halogens is 6. The Morgan fingerprint density at radius 1 is 0.676 bits per heavy atom. The molecule has 0 N–H and O–H groups in total. The topological polar surface area (TPSA) is 51.6 Å². The van der Waals surface area contributed by atoms with E-state index in [4.69, 9.17) is 0 Å². The molecule has 4 nitrogen and oxygen atoms in total. The van der Waals surface area contributed by atoms with Crippen molar-refractivity contribution in [3.63, 3.8) is 0 Å². The van der Waals surface area contributed by atoms with Crippen LogP contribution in [-0.4, -0.2) is 19.9 Å². The van der Waals surface area contributed by atoms with E-state index in [0.717, 1.165) is 32.3 Å². The van der Waals surface area contributed by atoms with Crippen LogP contribution in [0.25, 0.3) is 43.2 Å². The van der Waals surface area contributed by atoms with Gasteiger partial charge in [-0.3, -0.25) is 0 Å². The Labute approximate surface area is 211 Å². The van der Waals surface area contributed by atoms with Crippen LogP contribution in [0, 0.1) is 27.7 Å². The van der Waals surface area contributed by atoms with Crippen molar-refractivity contribution in [2.45, 2.75) is 40.0 Å². The predicted molar refractivity (Wildman–Crippen MR) is 130 cm³/mol. The van der Waals surface area contributed by atoms with Gasteiger partial charge in [-0.1, -0.05) is 35.9 Å². The molecule has 2 aromatic carbocycles. The van der Waals surface area contributed by atoms with Crippen LogP contribution in [0.1, 0.15) is 33.6 Å². The molecule has 5 rings (SSSR count). The summed E-state index contributed by atoms with van der Waals surface area (Å²) in [6, 6.07) is 11.4. The number of alkyl halides is 6. The van der Waals surface area contributed by atoms with Gasteiger partial charge in [-0.15, -0.1) is 11.3 Å². The quantitative estimate of drug-likeness (QED) is 0.215. The molecule has 0 aliphatic rings. The highest BCUT2D eigenvalue weighted by Crippen LogP contribution is 2.44. The van der Waals surface area contributed by atoms with Crippen LogP contribution in [0.15, 0.2) is 36.4 Å². The third kappa shape index (κ3) is 4.30. The van der Waals surface area contributed by atoms with Gasteiger partial charge in [-0.2, -0.15) is 26.3 Å². The molecule has 5 aromatic rings. The first kappa shape index (κ1) is 25.1. The maximum atomic E-state index is 13.6. The van der Waals surface area contributed by atoms with Gasteiger partial charge in [0.25, 0.3) is 0 Å². The summed E-state index contributed by atoms with van der Waals surface area (Å²) in [5.74, 6) is 0. The number of hydrogen-bond donors (Lipinski definition) is 0. The van der Waals surface area contributed by atoms with Crippen molar-refractivity contribution in [2.24, 2.45) is 0 Å². The zero-order valence-electron chi connectivity index (χ0n) is 19.9. The lowest BCUT2D eigenvalue weighted by molar-refractivity contribution is -0.167. The van der Waals surface area contributed by atoms with Crippen molar-refractivity contribution >= 4 is 32.7 Å². The predicted octanol–water partition coefficient (Wildman–Crippen LogP) is 8.24. The summed E-state index contributed by atoms with van der Waals surface area (Å²) in [6.07, 6.45) is -10.8. The molecule has 0 radical (unpaired) electrons. The summed E-state index contributed by atoms with van der Waals surface area (Å²) < 4.78 is 82.4. The van der Waals surface area contributed by atoms with Gasteiger partial charge in [0.15, 0.2) is 22.7 Å². The monoisotopic (exact) mass is 532 g/mol. The molecule has 0 saturated carbocycles. The molecule has 37 heavy (non-hydrogen) atoms. The Morgan fingerprint density at radius 3 is 1.70 bits per heavy atom. The molecule has 3 aromatic heterocycles. The second-order valence-electron chi connectivity index (χ2n) is 8.81. The molecule has 3 heterocycles. The summed E-state index contributed by atoms with van der Waals surface area (Å²) in [5.41, 5.74) is -1.02. The number of thiophene rings is 1. The minimum absolute atomic E-state index is 0.235. The van der Waals surface area contributed by atoms with E-state index >= 15 is 0 Å². The van der Waals surface area contributed by atoms with E-state index in [2.05, 4.69) is 19.9 Å². The maximum absolute atomic E-state index is 13.6. The van der Waals surface area contributed by atoms with Crippen molar-refractivity contribution < 1.29 is 26.3 Å². The van der Waals surface area contributed by atoms with Gasteiger partial charge >= 0.3 is 12.4 Å². The van der Waals surface area contributed by atoms with Crippen molar-refractivity contribution in [1.29, 1.82) is 0 Å². The molecule has 0 atom stereocenters. The lowest BCUT2D eigenvalue weighted by Gasteiger charge is -2.17. The fraction of sp³-hybridized carbons (Fsp3) is 0.231. The first-order valence-electron chi connectivity index (χ1n) is 11.1. The molecular weight excluding hydrogens is 514 g/mol. The van der Waals surface area contributed by atoms with Gasteiger partial charge in [-0.05, 0) is 55.8 Å². The molecule has 0 fully saturated rings. The third-order valence-electron chi connectivity index (χ3n) is 6.03. The second-order valence-corrected chi connectivity index (χ2v) is 9.86. The number of aryl methyl sites for hydroxylation is 4. The minimum Gasteiger partial charge on any atom is -0.223 e. The molecule has 0 amide bonds. The minimum atomic E-state index is -5.38. The molecule has 0 bridgehead atoms. The zero-order valence-corrected chi connectivity index (χ0v) is 20.7. The summed E-state index contributed by atoms with van der Waals surface area (Å²) in [5, 5.41) is 0.933. The van der Waals surface area contributed by atoms with Gasteiger partial charge in [-0.25, -0.2) is 19.9 Å². The summed E-state index contributed by atoms with van der Waals surface area (Å²) in [6.45, 7) is 7.44. The van der Waals surface area contributed by atoms with Crippen LogP contribution in [-0.2, 0) is 12.4 Å². The second kappa shape index (κ2) is 8.47. The van der Waals surface area contributed by atoms with Crippen molar-refractivity contribution in [1.82, 2.24) is 19.9 Å².